The maximum atomic E-state index is 6.23. The molecular formula is C24H22ClN3O2. The molecule has 0 amide bonds. The summed E-state index contributed by atoms with van der Waals surface area (Å²) in [7, 11) is 1.69. The molecule has 1 saturated heterocycles. The van der Waals surface area contributed by atoms with Crippen LogP contribution in [0, 0.1) is 0 Å². The van der Waals surface area contributed by atoms with Crippen molar-refractivity contribution in [2.45, 2.75) is 0 Å². The van der Waals surface area contributed by atoms with Gasteiger partial charge in [0.05, 0.1) is 12.7 Å². The van der Waals surface area contributed by atoms with Gasteiger partial charge in [-0.2, -0.15) is 0 Å². The van der Waals surface area contributed by atoms with Gasteiger partial charge in [-0.25, -0.2) is 4.99 Å². The van der Waals surface area contributed by atoms with E-state index in [1.165, 1.54) is 5.69 Å². The van der Waals surface area contributed by atoms with E-state index in [1.54, 1.807) is 7.11 Å². The number of hydrogen-bond acceptors (Lipinski definition) is 5. The van der Waals surface area contributed by atoms with E-state index in [2.05, 4.69) is 28.0 Å². The number of amidine groups is 1. The zero-order valence-electron chi connectivity index (χ0n) is 16.7. The highest BCUT2D eigenvalue weighted by Gasteiger charge is 2.26. The molecule has 0 unspecified atom stereocenters. The average molecular weight is 420 g/mol. The first-order valence-corrected chi connectivity index (χ1v) is 10.4. The van der Waals surface area contributed by atoms with Gasteiger partial charge in [0.2, 0.25) is 0 Å². The van der Waals surface area contributed by atoms with Gasteiger partial charge >= 0.3 is 0 Å². The van der Waals surface area contributed by atoms with Gasteiger partial charge in [0.25, 0.3) is 0 Å². The standard InChI is InChI=1S/C24H22ClN3O2/c1-29-19-9-7-18(8-10-19)27-12-14-28(15-13-27)24-20-4-2-3-5-22(20)30-23-11-6-17(25)16-21(23)26-24/h2-11,16H,12-15H2,1H3. The van der Waals surface area contributed by atoms with Crippen LogP contribution in [0.25, 0.3) is 0 Å². The Labute approximate surface area is 181 Å². The number of methoxy groups -OCH3 is 1. The fourth-order valence-corrected chi connectivity index (χ4v) is 4.07. The number of benzene rings is 3. The molecule has 0 bridgehead atoms. The first kappa shape index (κ1) is 18.8. The van der Waals surface area contributed by atoms with Crippen molar-refractivity contribution in [2.24, 2.45) is 4.99 Å². The van der Waals surface area contributed by atoms with E-state index >= 15 is 0 Å². The lowest BCUT2D eigenvalue weighted by Crippen LogP contribution is -2.49. The number of aliphatic imine (C=N–C) groups is 1. The van der Waals surface area contributed by atoms with Gasteiger partial charge < -0.3 is 19.3 Å². The van der Waals surface area contributed by atoms with Crippen LogP contribution in [0.4, 0.5) is 11.4 Å². The molecule has 0 spiro atoms. The van der Waals surface area contributed by atoms with Crippen LogP contribution in [0.3, 0.4) is 0 Å². The van der Waals surface area contributed by atoms with Crippen LogP contribution in [0.15, 0.2) is 71.7 Å². The molecule has 3 aromatic rings. The SMILES string of the molecule is COc1ccc(N2CCN(C3=Nc4cc(Cl)ccc4Oc4ccccc43)CC2)cc1. The monoisotopic (exact) mass is 419 g/mol. The third-order valence-electron chi connectivity index (χ3n) is 5.51. The summed E-state index contributed by atoms with van der Waals surface area (Å²) >= 11 is 6.23. The van der Waals surface area contributed by atoms with Crippen molar-refractivity contribution in [3.8, 4) is 17.2 Å². The molecule has 0 N–H and O–H groups in total. The highest BCUT2D eigenvalue weighted by molar-refractivity contribution is 6.31. The zero-order chi connectivity index (χ0) is 20.5. The molecule has 0 aliphatic carbocycles. The minimum absolute atomic E-state index is 0.649. The van der Waals surface area contributed by atoms with Crippen molar-refractivity contribution >= 4 is 28.8 Å². The van der Waals surface area contributed by atoms with E-state index in [0.29, 0.717) is 5.02 Å². The summed E-state index contributed by atoms with van der Waals surface area (Å²) in [5, 5.41) is 0.649. The number of hydrogen-bond donors (Lipinski definition) is 0. The number of piperazine rings is 1. The number of halogens is 1. The summed E-state index contributed by atoms with van der Waals surface area (Å²) < 4.78 is 11.4. The molecule has 5 rings (SSSR count). The quantitative estimate of drug-likeness (QED) is 0.560. The molecule has 5 nitrogen and oxygen atoms in total. The normalized spacial score (nSPS) is 15.5. The molecule has 152 valence electrons. The number of para-hydroxylation sites is 1. The second kappa shape index (κ2) is 7.92. The van der Waals surface area contributed by atoms with Crippen LogP contribution in [0.2, 0.25) is 5.02 Å². The van der Waals surface area contributed by atoms with Crippen molar-refractivity contribution in [1.29, 1.82) is 0 Å². The van der Waals surface area contributed by atoms with E-state index in [0.717, 1.165) is 60.5 Å². The molecule has 2 aliphatic heterocycles. The first-order valence-electron chi connectivity index (χ1n) is 10.0. The maximum absolute atomic E-state index is 6.23. The van der Waals surface area contributed by atoms with Crippen molar-refractivity contribution in [2.75, 3.05) is 38.2 Å². The van der Waals surface area contributed by atoms with Crippen LogP contribution in [-0.4, -0.2) is 44.0 Å². The number of fused-ring (bicyclic) bond motifs is 2. The summed E-state index contributed by atoms with van der Waals surface area (Å²) in [4.78, 5) is 9.70. The number of nitrogens with zero attached hydrogens (tertiary/aromatic N) is 3. The van der Waals surface area contributed by atoms with Gasteiger partial charge in [-0.1, -0.05) is 23.7 Å². The lowest BCUT2D eigenvalue weighted by molar-refractivity contribution is 0.385. The molecule has 0 aromatic heterocycles. The third kappa shape index (κ3) is 3.57. The summed E-state index contributed by atoms with van der Waals surface area (Å²) in [6.45, 7) is 3.57. The Morgan fingerprint density at radius 2 is 1.60 bits per heavy atom. The molecule has 3 aromatic carbocycles. The number of ether oxygens (including phenoxy) is 2. The third-order valence-corrected chi connectivity index (χ3v) is 5.75. The van der Waals surface area contributed by atoms with Crippen molar-refractivity contribution in [3.05, 3.63) is 77.3 Å². The highest BCUT2D eigenvalue weighted by Crippen LogP contribution is 2.39. The summed E-state index contributed by atoms with van der Waals surface area (Å²) in [5.74, 6) is 3.34. The molecule has 30 heavy (non-hydrogen) atoms. The first-order chi connectivity index (χ1) is 14.7. The molecular weight excluding hydrogens is 398 g/mol. The minimum atomic E-state index is 0.649. The molecule has 0 saturated carbocycles. The van der Waals surface area contributed by atoms with Gasteiger partial charge in [-0.3, -0.25) is 0 Å². The smallest absolute Gasteiger partial charge is 0.153 e. The predicted octanol–water partition coefficient (Wildman–Crippen LogP) is 5.35. The Morgan fingerprint density at radius 1 is 0.867 bits per heavy atom. The maximum Gasteiger partial charge on any atom is 0.153 e. The lowest BCUT2D eigenvalue weighted by atomic mass is 10.1. The van der Waals surface area contributed by atoms with E-state index in [4.69, 9.17) is 26.1 Å². The largest absolute Gasteiger partial charge is 0.497 e. The Morgan fingerprint density at radius 3 is 2.37 bits per heavy atom. The fourth-order valence-electron chi connectivity index (χ4n) is 3.91. The van der Waals surface area contributed by atoms with Crippen LogP contribution in [0.5, 0.6) is 17.2 Å². The minimum Gasteiger partial charge on any atom is -0.497 e. The Hall–Kier alpha value is -3.18. The molecule has 0 atom stereocenters. The molecule has 2 aliphatic rings. The van der Waals surface area contributed by atoms with Crippen LogP contribution in [0.1, 0.15) is 5.56 Å². The van der Waals surface area contributed by atoms with E-state index in [-0.39, 0.29) is 0 Å². The van der Waals surface area contributed by atoms with Crippen LogP contribution in [-0.2, 0) is 0 Å². The van der Waals surface area contributed by atoms with Gasteiger partial charge in [0.1, 0.15) is 23.0 Å². The number of rotatable bonds is 2. The Balaban J connectivity index is 1.43. The van der Waals surface area contributed by atoms with E-state index < -0.39 is 0 Å². The Bertz CT molecular complexity index is 1090. The second-order valence-electron chi connectivity index (χ2n) is 7.32. The van der Waals surface area contributed by atoms with E-state index in [1.807, 2.05) is 48.5 Å². The van der Waals surface area contributed by atoms with Crippen molar-refractivity contribution in [1.82, 2.24) is 4.90 Å². The van der Waals surface area contributed by atoms with Gasteiger partial charge in [-0.05, 0) is 54.6 Å². The van der Waals surface area contributed by atoms with Crippen molar-refractivity contribution in [3.63, 3.8) is 0 Å². The Kier molecular flexibility index (Phi) is 4.97. The average Bonchev–Trinajstić information content (AvgIpc) is 2.96. The van der Waals surface area contributed by atoms with Crippen LogP contribution < -0.4 is 14.4 Å². The highest BCUT2D eigenvalue weighted by atomic mass is 35.5. The summed E-state index contributed by atoms with van der Waals surface area (Å²) in [6.07, 6.45) is 0. The predicted molar refractivity (Wildman–Crippen MR) is 121 cm³/mol. The van der Waals surface area contributed by atoms with Crippen molar-refractivity contribution < 1.29 is 9.47 Å². The zero-order valence-corrected chi connectivity index (χ0v) is 17.5. The summed E-state index contributed by atoms with van der Waals surface area (Å²) in [5.41, 5.74) is 2.97. The second-order valence-corrected chi connectivity index (χ2v) is 7.75. The van der Waals surface area contributed by atoms with Gasteiger partial charge in [-0.15, -0.1) is 0 Å². The fraction of sp³-hybridized carbons (Fsp3) is 0.208. The van der Waals surface area contributed by atoms with Crippen LogP contribution >= 0.6 is 11.6 Å². The van der Waals surface area contributed by atoms with E-state index in [9.17, 15) is 0 Å². The van der Waals surface area contributed by atoms with Gasteiger partial charge in [0, 0.05) is 36.9 Å². The molecule has 0 radical (unpaired) electrons. The molecule has 1 fully saturated rings. The topological polar surface area (TPSA) is 37.3 Å². The molecule has 2 heterocycles. The molecule has 6 heteroatoms. The number of anilines is 1. The lowest BCUT2D eigenvalue weighted by Gasteiger charge is -2.37. The summed E-state index contributed by atoms with van der Waals surface area (Å²) in [6, 6.07) is 21.9. The van der Waals surface area contributed by atoms with Gasteiger partial charge in [0.15, 0.2) is 5.75 Å².